The molecule has 1 amide bonds. The van der Waals surface area contributed by atoms with Gasteiger partial charge in [0.25, 0.3) is 0 Å². The molecule has 0 saturated carbocycles. The number of para-hydroxylation sites is 1. The van der Waals surface area contributed by atoms with Crippen molar-refractivity contribution >= 4 is 28.8 Å². The summed E-state index contributed by atoms with van der Waals surface area (Å²) in [5, 5.41) is 6.12. The van der Waals surface area contributed by atoms with Gasteiger partial charge in [0.2, 0.25) is 5.91 Å². The summed E-state index contributed by atoms with van der Waals surface area (Å²) in [6.45, 7) is 1.92. The highest BCUT2D eigenvalue weighted by Gasteiger charge is 2.14. The van der Waals surface area contributed by atoms with Gasteiger partial charge < -0.3 is 15.4 Å². The number of hydrogen-bond acceptors (Lipinski definition) is 4. The van der Waals surface area contributed by atoms with Crippen LogP contribution in [0.15, 0.2) is 72.8 Å². The van der Waals surface area contributed by atoms with E-state index in [1.807, 2.05) is 67.6 Å². The first kappa shape index (κ1) is 20.1. The summed E-state index contributed by atoms with van der Waals surface area (Å²) in [6, 6.07) is 22.7. The molecule has 29 heavy (non-hydrogen) atoms. The second-order valence-corrected chi connectivity index (χ2v) is 6.74. The van der Waals surface area contributed by atoms with Crippen LogP contribution in [-0.4, -0.2) is 18.8 Å². The Hall–Kier alpha value is -3.60. The molecule has 0 spiro atoms. The standard InChI is InChI=1S/C24H24N2O3/c1-17-8-14-23(29-2)21(16-17)22(27)13-15-24(28)26-20-11-9-19(10-12-20)25-18-6-4-3-5-7-18/h3-12,14,16,25H,13,15H2,1-2H3,(H,26,28). The molecule has 2 N–H and O–H groups in total. The van der Waals surface area contributed by atoms with E-state index in [4.69, 9.17) is 4.74 Å². The van der Waals surface area contributed by atoms with E-state index >= 15 is 0 Å². The summed E-state index contributed by atoms with van der Waals surface area (Å²) >= 11 is 0. The highest BCUT2D eigenvalue weighted by molar-refractivity contribution is 6.02. The predicted molar refractivity (Wildman–Crippen MR) is 116 cm³/mol. The largest absolute Gasteiger partial charge is 0.496 e. The molecule has 148 valence electrons. The van der Waals surface area contributed by atoms with Gasteiger partial charge >= 0.3 is 0 Å². The van der Waals surface area contributed by atoms with Crippen LogP contribution in [0.2, 0.25) is 0 Å². The van der Waals surface area contributed by atoms with Crippen molar-refractivity contribution in [1.29, 1.82) is 0 Å². The lowest BCUT2D eigenvalue weighted by atomic mass is 10.0. The summed E-state index contributed by atoms with van der Waals surface area (Å²) in [5.41, 5.74) is 4.10. The maximum Gasteiger partial charge on any atom is 0.224 e. The molecule has 3 aromatic rings. The number of hydrogen-bond donors (Lipinski definition) is 2. The van der Waals surface area contributed by atoms with Gasteiger partial charge in [0.1, 0.15) is 5.75 Å². The molecule has 0 fully saturated rings. The van der Waals surface area contributed by atoms with E-state index < -0.39 is 0 Å². The van der Waals surface area contributed by atoms with E-state index in [9.17, 15) is 9.59 Å². The average molecular weight is 388 g/mol. The molecule has 0 unspecified atom stereocenters. The Balaban J connectivity index is 1.53. The first-order chi connectivity index (χ1) is 14.0. The number of anilines is 3. The van der Waals surface area contributed by atoms with Crippen molar-refractivity contribution in [3.05, 3.63) is 83.9 Å². The van der Waals surface area contributed by atoms with Gasteiger partial charge in [-0.3, -0.25) is 9.59 Å². The van der Waals surface area contributed by atoms with Crippen molar-refractivity contribution in [1.82, 2.24) is 0 Å². The lowest BCUT2D eigenvalue weighted by Crippen LogP contribution is -2.14. The van der Waals surface area contributed by atoms with Crippen LogP contribution in [0.1, 0.15) is 28.8 Å². The van der Waals surface area contributed by atoms with E-state index in [-0.39, 0.29) is 24.5 Å². The monoisotopic (exact) mass is 388 g/mol. The van der Waals surface area contributed by atoms with Gasteiger partial charge in [0, 0.05) is 29.9 Å². The van der Waals surface area contributed by atoms with Gasteiger partial charge in [-0.15, -0.1) is 0 Å². The van der Waals surface area contributed by atoms with Gasteiger partial charge in [-0.2, -0.15) is 0 Å². The highest BCUT2D eigenvalue weighted by Crippen LogP contribution is 2.22. The highest BCUT2D eigenvalue weighted by atomic mass is 16.5. The van der Waals surface area contributed by atoms with Crippen LogP contribution in [0.4, 0.5) is 17.1 Å². The molecule has 0 aliphatic heterocycles. The molecule has 0 radical (unpaired) electrons. The van der Waals surface area contributed by atoms with Crippen LogP contribution in [0, 0.1) is 6.92 Å². The zero-order chi connectivity index (χ0) is 20.6. The van der Waals surface area contributed by atoms with Crippen LogP contribution in [0.3, 0.4) is 0 Å². The average Bonchev–Trinajstić information content (AvgIpc) is 2.74. The van der Waals surface area contributed by atoms with Crippen LogP contribution in [0.5, 0.6) is 5.75 Å². The van der Waals surface area contributed by atoms with Crippen molar-refractivity contribution < 1.29 is 14.3 Å². The number of amides is 1. The van der Waals surface area contributed by atoms with Crippen molar-refractivity contribution in [3.8, 4) is 5.75 Å². The normalized spacial score (nSPS) is 10.3. The third-order valence-electron chi connectivity index (χ3n) is 4.47. The summed E-state index contributed by atoms with van der Waals surface area (Å²) in [6.07, 6.45) is 0.235. The number of methoxy groups -OCH3 is 1. The molecule has 3 rings (SSSR count). The predicted octanol–water partition coefficient (Wildman–Crippen LogP) is 5.35. The Morgan fingerprint density at radius 3 is 2.17 bits per heavy atom. The van der Waals surface area contributed by atoms with Crippen molar-refractivity contribution in [2.45, 2.75) is 19.8 Å². The molecule has 0 aliphatic carbocycles. The van der Waals surface area contributed by atoms with Crippen molar-refractivity contribution in [2.75, 3.05) is 17.7 Å². The molecular formula is C24H24N2O3. The number of carbonyl (C=O) groups is 2. The topological polar surface area (TPSA) is 67.4 Å². The minimum absolute atomic E-state index is 0.108. The summed E-state index contributed by atoms with van der Waals surface area (Å²) in [5.74, 6) is 0.222. The first-order valence-corrected chi connectivity index (χ1v) is 9.45. The Bertz CT molecular complexity index is 983. The maximum atomic E-state index is 12.5. The van der Waals surface area contributed by atoms with Crippen molar-refractivity contribution in [3.63, 3.8) is 0 Å². The van der Waals surface area contributed by atoms with Gasteiger partial charge in [-0.1, -0.05) is 29.8 Å². The van der Waals surface area contributed by atoms with E-state index in [2.05, 4.69) is 10.6 Å². The summed E-state index contributed by atoms with van der Waals surface area (Å²) in [7, 11) is 1.53. The number of ether oxygens (including phenoxy) is 1. The third kappa shape index (κ3) is 5.69. The van der Waals surface area contributed by atoms with Crippen LogP contribution >= 0.6 is 0 Å². The molecule has 5 nitrogen and oxygen atoms in total. The number of benzene rings is 3. The number of carbonyl (C=O) groups excluding carboxylic acids is 2. The number of rotatable bonds is 8. The van der Waals surface area contributed by atoms with Crippen LogP contribution in [-0.2, 0) is 4.79 Å². The Morgan fingerprint density at radius 1 is 0.828 bits per heavy atom. The number of Topliss-reactive ketones (excluding diaryl/α,β-unsaturated/α-hetero) is 1. The van der Waals surface area contributed by atoms with Crippen molar-refractivity contribution in [2.24, 2.45) is 0 Å². The number of ketones is 1. The molecular weight excluding hydrogens is 364 g/mol. The Kier molecular flexibility index (Phi) is 6.63. The van der Waals surface area contributed by atoms with Gasteiger partial charge in [-0.25, -0.2) is 0 Å². The molecule has 0 heterocycles. The van der Waals surface area contributed by atoms with E-state index in [0.717, 1.165) is 16.9 Å². The minimum Gasteiger partial charge on any atom is -0.496 e. The molecule has 0 saturated heterocycles. The zero-order valence-corrected chi connectivity index (χ0v) is 16.6. The molecule has 0 aliphatic rings. The fourth-order valence-corrected chi connectivity index (χ4v) is 2.95. The molecule has 0 bridgehead atoms. The number of aryl methyl sites for hydroxylation is 1. The van der Waals surface area contributed by atoms with E-state index in [0.29, 0.717) is 17.0 Å². The van der Waals surface area contributed by atoms with Crippen LogP contribution < -0.4 is 15.4 Å². The lowest BCUT2D eigenvalue weighted by molar-refractivity contribution is -0.116. The SMILES string of the molecule is COc1ccc(C)cc1C(=O)CCC(=O)Nc1ccc(Nc2ccccc2)cc1. The molecule has 0 aromatic heterocycles. The summed E-state index contributed by atoms with van der Waals surface area (Å²) in [4.78, 5) is 24.7. The minimum atomic E-state index is -0.200. The molecule has 3 aromatic carbocycles. The second-order valence-electron chi connectivity index (χ2n) is 6.74. The Morgan fingerprint density at radius 2 is 1.48 bits per heavy atom. The van der Waals surface area contributed by atoms with Gasteiger partial charge in [-0.05, 0) is 55.5 Å². The third-order valence-corrected chi connectivity index (χ3v) is 4.47. The van der Waals surface area contributed by atoms with Gasteiger partial charge in [0.15, 0.2) is 5.78 Å². The summed E-state index contributed by atoms with van der Waals surface area (Å²) < 4.78 is 5.25. The fraction of sp³-hybridized carbons (Fsp3) is 0.167. The molecule has 5 heteroatoms. The zero-order valence-electron chi connectivity index (χ0n) is 16.6. The van der Waals surface area contributed by atoms with Crippen LogP contribution in [0.25, 0.3) is 0 Å². The lowest BCUT2D eigenvalue weighted by Gasteiger charge is -2.10. The quantitative estimate of drug-likeness (QED) is 0.511. The van der Waals surface area contributed by atoms with E-state index in [1.54, 1.807) is 12.1 Å². The molecule has 0 atom stereocenters. The smallest absolute Gasteiger partial charge is 0.224 e. The first-order valence-electron chi connectivity index (χ1n) is 9.45. The second kappa shape index (κ2) is 9.55. The maximum absolute atomic E-state index is 12.5. The fourth-order valence-electron chi connectivity index (χ4n) is 2.95. The number of nitrogens with one attached hydrogen (secondary N) is 2. The Labute approximate surface area is 170 Å². The van der Waals surface area contributed by atoms with Gasteiger partial charge in [0.05, 0.1) is 12.7 Å². The van der Waals surface area contributed by atoms with E-state index in [1.165, 1.54) is 7.11 Å².